The zero-order valence-corrected chi connectivity index (χ0v) is 13.7. The van der Waals surface area contributed by atoms with Crippen LogP contribution in [0.2, 0.25) is 0 Å². The smallest absolute Gasteiger partial charge is 0.140 e. The fraction of sp³-hybridized carbons (Fsp3) is 0.0952. The normalized spacial score (nSPS) is 10.9. The van der Waals surface area contributed by atoms with Crippen LogP contribution in [-0.4, -0.2) is 16.7 Å². The van der Waals surface area contributed by atoms with Crippen LogP contribution in [0.1, 0.15) is 0 Å². The van der Waals surface area contributed by atoms with Crippen molar-refractivity contribution < 1.29 is 4.74 Å². The standard InChI is InChI=1S/C21H18N2O/c1-23-14-19(15-6-4-3-5-7-15)18-12-13-20(22-21(18)23)16-8-10-17(24-2)11-9-16/h3-14H,1-2H3. The number of hydrogen-bond donors (Lipinski definition) is 0. The molecule has 24 heavy (non-hydrogen) atoms. The van der Waals surface area contributed by atoms with Gasteiger partial charge >= 0.3 is 0 Å². The fourth-order valence-electron chi connectivity index (χ4n) is 3.02. The average molecular weight is 314 g/mol. The van der Waals surface area contributed by atoms with Crippen molar-refractivity contribution in [2.24, 2.45) is 7.05 Å². The van der Waals surface area contributed by atoms with Crippen LogP contribution in [0.5, 0.6) is 5.75 Å². The van der Waals surface area contributed by atoms with Crippen molar-refractivity contribution in [2.45, 2.75) is 0 Å². The Morgan fingerprint density at radius 3 is 2.29 bits per heavy atom. The summed E-state index contributed by atoms with van der Waals surface area (Å²) in [6.07, 6.45) is 2.14. The summed E-state index contributed by atoms with van der Waals surface area (Å²) in [4.78, 5) is 4.87. The van der Waals surface area contributed by atoms with Gasteiger partial charge in [0.25, 0.3) is 0 Å². The molecule has 0 saturated carbocycles. The van der Waals surface area contributed by atoms with Gasteiger partial charge in [0.05, 0.1) is 12.8 Å². The largest absolute Gasteiger partial charge is 0.497 e. The molecule has 4 aromatic rings. The van der Waals surface area contributed by atoms with E-state index in [2.05, 4.69) is 47.2 Å². The van der Waals surface area contributed by atoms with E-state index in [1.54, 1.807) is 7.11 Å². The molecular weight excluding hydrogens is 296 g/mol. The van der Waals surface area contributed by atoms with E-state index >= 15 is 0 Å². The minimum atomic E-state index is 0.852. The molecule has 0 unspecified atom stereocenters. The van der Waals surface area contributed by atoms with E-state index in [-0.39, 0.29) is 0 Å². The third-order valence-electron chi connectivity index (χ3n) is 4.29. The lowest BCUT2D eigenvalue weighted by molar-refractivity contribution is 0.415. The summed E-state index contributed by atoms with van der Waals surface area (Å²) in [6.45, 7) is 0. The monoisotopic (exact) mass is 314 g/mol. The van der Waals surface area contributed by atoms with E-state index in [4.69, 9.17) is 9.72 Å². The minimum absolute atomic E-state index is 0.852. The van der Waals surface area contributed by atoms with E-state index in [1.165, 1.54) is 16.5 Å². The maximum Gasteiger partial charge on any atom is 0.140 e. The first-order chi connectivity index (χ1) is 11.8. The molecule has 2 aromatic carbocycles. The number of nitrogens with zero attached hydrogens (tertiary/aromatic N) is 2. The van der Waals surface area contributed by atoms with Gasteiger partial charge in [0.2, 0.25) is 0 Å². The van der Waals surface area contributed by atoms with Crippen LogP contribution >= 0.6 is 0 Å². The first kappa shape index (κ1) is 14.5. The second-order valence-electron chi connectivity index (χ2n) is 5.82. The summed E-state index contributed by atoms with van der Waals surface area (Å²) in [5.41, 5.74) is 5.46. The predicted molar refractivity (Wildman–Crippen MR) is 98.1 cm³/mol. The first-order valence-electron chi connectivity index (χ1n) is 7.92. The molecule has 0 fully saturated rings. The molecule has 0 aliphatic carbocycles. The van der Waals surface area contributed by atoms with Crippen molar-refractivity contribution in [1.29, 1.82) is 0 Å². The van der Waals surface area contributed by atoms with Gasteiger partial charge in [-0.15, -0.1) is 0 Å². The van der Waals surface area contributed by atoms with Crippen LogP contribution < -0.4 is 4.74 Å². The van der Waals surface area contributed by atoms with Crippen LogP contribution in [0, 0.1) is 0 Å². The Morgan fingerprint density at radius 1 is 0.833 bits per heavy atom. The Kier molecular flexibility index (Phi) is 3.54. The Hall–Kier alpha value is -3.07. The van der Waals surface area contributed by atoms with E-state index in [1.807, 2.05) is 37.4 Å². The highest BCUT2D eigenvalue weighted by Crippen LogP contribution is 2.31. The van der Waals surface area contributed by atoms with Crippen molar-refractivity contribution in [3.63, 3.8) is 0 Å². The Balaban J connectivity index is 1.83. The third-order valence-corrected chi connectivity index (χ3v) is 4.29. The molecule has 118 valence electrons. The van der Waals surface area contributed by atoms with Crippen molar-refractivity contribution in [3.8, 4) is 28.1 Å². The third kappa shape index (κ3) is 2.44. The van der Waals surface area contributed by atoms with Gasteiger partial charge in [0.1, 0.15) is 11.4 Å². The lowest BCUT2D eigenvalue weighted by Crippen LogP contribution is -1.90. The predicted octanol–water partition coefficient (Wildman–Crippen LogP) is 4.92. The van der Waals surface area contributed by atoms with Crippen LogP contribution in [0.15, 0.2) is 72.9 Å². The molecule has 2 heterocycles. The van der Waals surface area contributed by atoms with Gasteiger partial charge < -0.3 is 9.30 Å². The van der Waals surface area contributed by atoms with Gasteiger partial charge in [-0.25, -0.2) is 4.98 Å². The first-order valence-corrected chi connectivity index (χ1v) is 7.92. The van der Waals surface area contributed by atoms with E-state index in [0.717, 1.165) is 22.7 Å². The number of ether oxygens (including phenoxy) is 1. The lowest BCUT2D eigenvalue weighted by Gasteiger charge is -2.05. The van der Waals surface area contributed by atoms with Gasteiger partial charge in [-0.3, -0.25) is 0 Å². The number of aromatic nitrogens is 2. The summed E-state index contributed by atoms with van der Waals surface area (Å²) in [7, 11) is 3.72. The molecule has 0 saturated heterocycles. The zero-order chi connectivity index (χ0) is 16.5. The minimum Gasteiger partial charge on any atom is -0.497 e. The summed E-state index contributed by atoms with van der Waals surface area (Å²) in [5, 5.41) is 1.17. The van der Waals surface area contributed by atoms with Crippen molar-refractivity contribution >= 4 is 11.0 Å². The topological polar surface area (TPSA) is 27.1 Å². The highest BCUT2D eigenvalue weighted by molar-refractivity contribution is 5.95. The number of benzene rings is 2. The number of hydrogen-bond acceptors (Lipinski definition) is 2. The van der Waals surface area contributed by atoms with E-state index in [9.17, 15) is 0 Å². The van der Waals surface area contributed by atoms with Crippen molar-refractivity contribution in [2.75, 3.05) is 7.11 Å². The maximum absolute atomic E-state index is 5.22. The summed E-state index contributed by atoms with van der Waals surface area (Å²) in [6, 6.07) is 22.7. The van der Waals surface area contributed by atoms with Crippen molar-refractivity contribution in [1.82, 2.24) is 9.55 Å². The van der Waals surface area contributed by atoms with E-state index < -0.39 is 0 Å². The molecule has 0 spiro atoms. The van der Waals surface area contributed by atoms with Gasteiger partial charge in [-0.1, -0.05) is 30.3 Å². The van der Waals surface area contributed by atoms with Gasteiger partial charge in [-0.2, -0.15) is 0 Å². The van der Waals surface area contributed by atoms with E-state index in [0.29, 0.717) is 0 Å². The molecule has 4 rings (SSSR count). The number of rotatable bonds is 3. The molecule has 0 N–H and O–H groups in total. The quantitative estimate of drug-likeness (QED) is 0.537. The van der Waals surface area contributed by atoms with Crippen LogP contribution in [0.25, 0.3) is 33.4 Å². The average Bonchev–Trinajstić information content (AvgIpc) is 2.99. The molecule has 0 aliphatic heterocycles. The van der Waals surface area contributed by atoms with Gasteiger partial charge in [0.15, 0.2) is 0 Å². The molecular formula is C21H18N2O. The molecule has 2 aromatic heterocycles. The van der Waals surface area contributed by atoms with Crippen LogP contribution in [0.3, 0.4) is 0 Å². The SMILES string of the molecule is COc1ccc(-c2ccc3c(-c4ccccc4)cn(C)c3n2)cc1. The molecule has 0 amide bonds. The molecule has 0 aliphatic rings. The molecule has 3 nitrogen and oxygen atoms in total. The van der Waals surface area contributed by atoms with Crippen LogP contribution in [0.4, 0.5) is 0 Å². The van der Waals surface area contributed by atoms with Gasteiger partial charge in [-0.05, 0) is 42.0 Å². The highest BCUT2D eigenvalue weighted by atomic mass is 16.5. The summed E-state index contributed by atoms with van der Waals surface area (Å²) in [5.74, 6) is 0.852. The highest BCUT2D eigenvalue weighted by Gasteiger charge is 2.11. The molecule has 0 atom stereocenters. The fourth-order valence-corrected chi connectivity index (χ4v) is 3.02. The number of fused-ring (bicyclic) bond motifs is 1. The Morgan fingerprint density at radius 2 is 1.58 bits per heavy atom. The number of aryl methyl sites for hydroxylation is 1. The number of methoxy groups -OCH3 is 1. The number of pyridine rings is 1. The Labute approximate surface area is 141 Å². The molecule has 3 heteroatoms. The van der Waals surface area contributed by atoms with Crippen molar-refractivity contribution in [3.05, 3.63) is 72.9 Å². The molecule has 0 bridgehead atoms. The summed E-state index contributed by atoms with van der Waals surface area (Å²) < 4.78 is 7.31. The summed E-state index contributed by atoms with van der Waals surface area (Å²) >= 11 is 0. The Bertz CT molecular complexity index is 986. The molecule has 0 radical (unpaired) electrons. The zero-order valence-electron chi connectivity index (χ0n) is 13.7. The lowest BCUT2D eigenvalue weighted by atomic mass is 10.1. The van der Waals surface area contributed by atoms with Crippen LogP contribution in [-0.2, 0) is 7.05 Å². The second kappa shape index (κ2) is 5.85. The second-order valence-corrected chi connectivity index (χ2v) is 5.82. The maximum atomic E-state index is 5.22. The van der Waals surface area contributed by atoms with Gasteiger partial charge in [0, 0.05) is 29.8 Å².